The van der Waals surface area contributed by atoms with Crippen molar-refractivity contribution in [1.82, 2.24) is 5.32 Å². The molecule has 4 nitrogen and oxygen atoms in total. The van der Waals surface area contributed by atoms with Crippen LogP contribution in [-0.2, 0) is 14.3 Å². The number of carbonyl (C=O) groups is 2. The Bertz CT molecular complexity index is 686. The summed E-state index contributed by atoms with van der Waals surface area (Å²) in [6.07, 6.45) is 2.24. The predicted molar refractivity (Wildman–Crippen MR) is 82.9 cm³/mol. The number of ketones is 1. The van der Waals surface area contributed by atoms with Gasteiger partial charge >= 0.3 is 5.97 Å². The highest BCUT2D eigenvalue weighted by Crippen LogP contribution is 2.42. The first-order chi connectivity index (χ1) is 10.6. The van der Waals surface area contributed by atoms with Gasteiger partial charge in [0.1, 0.15) is 0 Å². The van der Waals surface area contributed by atoms with Gasteiger partial charge in [-0.25, -0.2) is 4.79 Å². The van der Waals surface area contributed by atoms with Crippen LogP contribution in [0.1, 0.15) is 37.7 Å². The van der Waals surface area contributed by atoms with E-state index in [0.717, 1.165) is 35.4 Å². The molecular weight excluding hydrogens is 278 g/mol. The topological polar surface area (TPSA) is 55.4 Å². The van der Waals surface area contributed by atoms with Crippen molar-refractivity contribution in [2.75, 3.05) is 7.11 Å². The number of carbonyl (C=O) groups excluding carboxylic acids is 2. The molecule has 1 aliphatic heterocycles. The van der Waals surface area contributed by atoms with E-state index in [1.54, 1.807) is 0 Å². The second-order valence-electron chi connectivity index (χ2n) is 5.67. The summed E-state index contributed by atoms with van der Waals surface area (Å²) in [5, 5.41) is 3.25. The minimum absolute atomic E-state index is 0.122. The van der Waals surface area contributed by atoms with E-state index in [1.807, 2.05) is 37.3 Å². The van der Waals surface area contributed by atoms with Crippen LogP contribution < -0.4 is 5.32 Å². The summed E-state index contributed by atoms with van der Waals surface area (Å²) in [5.41, 5.74) is 3.93. The van der Waals surface area contributed by atoms with E-state index >= 15 is 0 Å². The average Bonchev–Trinajstić information content (AvgIpc) is 2.54. The van der Waals surface area contributed by atoms with Crippen LogP contribution >= 0.6 is 0 Å². The number of hydrogen-bond donors (Lipinski definition) is 1. The Morgan fingerprint density at radius 2 is 1.95 bits per heavy atom. The summed E-state index contributed by atoms with van der Waals surface area (Å²) in [5.74, 6) is -0.599. The maximum atomic E-state index is 12.5. The highest BCUT2D eigenvalue weighted by Gasteiger charge is 2.38. The van der Waals surface area contributed by atoms with Crippen LogP contribution in [0.2, 0.25) is 0 Å². The normalized spacial score (nSPS) is 21.4. The molecule has 1 heterocycles. The molecular formula is C18H19NO3. The molecule has 0 radical (unpaired) electrons. The summed E-state index contributed by atoms with van der Waals surface area (Å²) in [4.78, 5) is 24.8. The number of esters is 1. The van der Waals surface area contributed by atoms with Gasteiger partial charge in [-0.2, -0.15) is 0 Å². The molecule has 0 saturated heterocycles. The van der Waals surface area contributed by atoms with E-state index < -0.39 is 0 Å². The van der Waals surface area contributed by atoms with Crippen molar-refractivity contribution in [3.05, 3.63) is 58.4 Å². The molecule has 114 valence electrons. The minimum atomic E-state index is -0.385. The second kappa shape index (κ2) is 5.79. The molecule has 0 saturated carbocycles. The van der Waals surface area contributed by atoms with E-state index in [4.69, 9.17) is 4.74 Å². The third-order valence-corrected chi connectivity index (χ3v) is 4.31. The Balaban J connectivity index is 2.18. The number of benzene rings is 1. The fraction of sp³-hybridized carbons (Fsp3) is 0.333. The number of hydrogen-bond acceptors (Lipinski definition) is 4. The van der Waals surface area contributed by atoms with E-state index in [9.17, 15) is 9.59 Å². The molecule has 3 rings (SSSR count). The van der Waals surface area contributed by atoms with Crippen molar-refractivity contribution in [2.24, 2.45) is 0 Å². The van der Waals surface area contributed by atoms with Crippen molar-refractivity contribution < 1.29 is 14.3 Å². The standard InChI is InChI=1S/C18H19NO3/c1-11-15(18(21)22-2)16(12-7-4-3-5-8-12)17-13(19-11)9-6-10-14(17)20/h3-5,7-8,16,19H,6,9-10H2,1-2H3/t16-/m0/s1. The quantitative estimate of drug-likeness (QED) is 0.853. The lowest BCUT2D eigenvalue weighted by Crippen LogP contribution is -2.34. The van der Waals surface area contributed by atoms with Gasteiger partial charge in [0.25, 0.3) is 0 Å². The summed E-state index contributed by atoms with van der Waals surface area (Å²) in [6, 6.07) is 9.69. The van der Waals surface area contributed by atoms with Gasteiger partial charge < -0.3 is 10.1 Å². The van der Waals surface area contributed by atoms with Gasteiger partial charge in [0.2, 0.25) is 0 Å². The Hall–Kier alpha value is -2.36. The highest BCUT2D eigenvalue weighted by molar-refractivity contribution is 6.03. The van der Waals surface area contributed by atoms with Gasteiger partial charge in [0.05, 0.1) is 12.7 Å². The lowest BCUT2D eigenvalue weighted by atomic mass is 9.75. The van der Waals surface area contributed by atoms with Gasteiger partial charge in [-0.1, -0.05) is 30.3 Å². The van der Waals surface area contributed by atoms with Crippen LogP contribution in [0.5, 0.6) is 0 Å². The fourth-order valence-corrected chi connectivity index (χ4v) is 3.34. The van der Waals surface area contributed by atoms with Crippen molar-refractivity contribution in [3.8, 4) is 0 Å². The molecule has 0 amide bonds. The molecule has 1 aliphatic carbocycles. The van der Waals surface area contributed by atoms with E-state index in [-0.39, 0.29) is 17.7 Å². The molecule has 1 atom stereocenters. The smallest absolute Gasteiger partial charge is 0.336 e. The van der Waals surface area contributed by atoms with Gasteiger partial charge in [0.15, 0.2) is 5.78 Å². The number of Topliss-reactive ketones (excluding diaryl/α,β-unsaturated/α-hetero) is 1. The van der Waals surface area contributed by atoms with Gasteiger partial charge in [-0.15, -0.1) is 0 Å². The fourth-order valence-electron chi connectivity index (χ4n) is 3.34. The molecule has 0 fully saturated rings. The van der Waals surface area contributed by atoms with Crippen molar-refractivity contribution in [2.45, 2.75) is 32.1 Å². The SMILES string of the molecule is COC(=O)C1=C(C)NC2=C(C(=O)CCC2)[C@H]1c1ccccc1. The third-order valence-electron chi connectivity index (χ3n) is 4.31. The lowest BCUT2D eigenvalue weighted by Gasteiger charge is -2.34. The first kappa shape index (κ1) is 14.6. The molecule has 0 spiro atoms. The monoisotopic (exact) mass is 297 g/mol. The van der Waals surface area contributed by atoms with Gasteiger partial charge in [-0.05, 0) is 25.3 Å². The largest absolute Gasteiger partial charge is 0.466 e. The van der Waals surface area contributed by atoms with Crippen LogP contribution in [0.15, 0.2) is 52.9 Å². The Morgan fingerprint density at radius 1 is 1.23 bits per heavy atom. The molecule has 22 heavy (non-hydrogen) atoms. The average molecular weight is 297 g/mol. The first-order valence-electron chi connectivity index (χ1n) is 7.50. The zero-order valence-corrected chi connectivity index (χ0v) is 12.8. The zero-order chi connectivity index (χ0) is 15.7. The predicted octanol–water partition coefficient (Wildman–Crippen LogP) is 2.83. The summed E-state index contributed by atoms with van der Waals surface area (Å²) in [7, 11) is 1.37. The van der Waals surface area contributed by atoms with Crippen molar-refractivity contribution in [1.29, 1.82) is 0 Å². The van der Waals surface area contributed by atoms with Crippen LogP contribution in [0.4, 0.5) is 0 Å². The number of dihydropyridines is 1. The highest BCUT2D eigenvalue weighted by atomic mass is 16.5. The number of allylic oxidation sites excluding steroid dienone is 3. The van der Waals surface area contributed by atoms with Crippen molar-refractivity contribution >= 4 is 11.8 Å². The molecule has 0 bridgehead atoms. The van der Waals surface area contributed by atoms with Gasteiger partial charge in [0, 0.05) is 29.3 Å². The summed E-state index contributed by atoms with van der Waals surface area (Å²) < 4.78 is 4.96. The number of nitrogens with one attached hydrogen (secondary N) is 1. The molecule has 1 N–H and O–H groups in total. The summed E-state index contributed by atoms with van der Waals surface area (Å²) in [6.45, 7) is 1.87. The third kappa shape index (κ3) is 2.34. The minimum Gasteiger partial charge on any atom is -0.466 e. The Morgan fingerprint density at radius 3 is 2.64 bits per heavy atom. The van der Waals surface area contributed by atoms with E-state index in [1.165, 1.54) is 7.11 Å². The molecule has 0 aromatic heterocycles. The van der Waals surface area contributed by atoms with Crippen LogP contribution in [-0.4, -0.2) is 18.9 Å². The zero-order valence-electron chi connectivity index (χ0n) is 12.8. The van der Waals surface area contributed by atoms with Crippen molar-refractivity contribution in [3.63, 3.8) is 0 Å². The number of methoxy groups -OCH3 is 1. The first-order valence-corrected chi connectivity index (χ1v) is 7.50. The van der Waals surface area contributed by atoms with Crippen LogP contribution in [0.25, 0.3) is 0 Å². The molecule has 1 aromatic rings. The molecule has 2 aliphatic rings. The Labute approximate surface area is 129 Å². The van der Waals surface area contributed by atoms with Crippen LogP contribution in [0, 0.1) is 0 Å². The maximum Gasteiger partial charge on any atom is 0.336 e. The molecule has 1 aromatic carbocycles. The molecule has 4 heteroatoms. The lowest BCUT2D eigenvalue weighted by molar-refractivity contribution is -0.136. The maximum absolute atomic E-state index is 12.5. The number of ether oxygens (including phenoxy) is 1. The van der Waals surface area contributed by atoms with Crippen LogP contribution in [0.3, 0.4) is 0 Å². The second-order valence-corrected chi connectivity index (χ2v) is 5.67. The molecule has 0 unspecified atom stereocenters. The Kier molecular flexibility index (Phi) is 3.84. The summed E-state index contributed by atoms with van der Waals surface area (Å²) >= 11 is 0. The van der Waals surface area contributed by atoms with E-state index in [2.05, 4.69) is 5.32 Å². The van der Waals surface area contributed by atoms with Gasteiger partial charge in [-0.3, -0.25) is 4.79 Å². The number of rotatable bonds is 2. The van der Waals surface area contributed by atoms with E-state index in [0.29, 0.717) is 12.0 Å².